The minimum atomic E-state index is 0. The summed E-state index contributed by atoms with van der Waals surface area (Å²) in [6.45, 7) is 0. The molecular formula is C9H5IrN4-. The van der Waals surface area contributed by atoms with Gasteiger partial charge in [-0.1, -0.05) is 6.07 Å². The molecule has 0 fully saturated rings. The number of hydrogen-bond acceptors (Lipinski definition) is 3. The van der Waals surface area contributed by atoms with Gasteiger partial charge in [-0.2, -0.15) is 16.3 Å². The fourth-order valence-corrected chi connectivity index (χ4v) is 1.38. The van der Waals surface area contributed by atoms with E-state index in [1.165, 1.54) is 0 Å². The molecule has 3 aromatic heterocycles. The third-order valence-corrected chi connectivity index (χ3v) is 2.00. The van der Waals surface area contributed by atoms with E-state index in [2.05, 4.69) is 21.2 Å². The molecule has 0 spiro atoms. The van der Waals surface area contributed by atoms with Gasteiger partial charge in [0.2, 0.25) is 0 Å². The van der Waals surface area contributed by atoms with Crippen LogP contribution < -0.4 is 0 Å². The number of fused-ring (bicyclic) bond motifs is 3. The van der Waals surface area contributed by atoms with Crippen LogP contribution in [0.15, 0.2) is 31.0 Å². The van der Waals surface area contributed by atoms with Crippen LogP contribution >= 0.6 is 0 Å². The topological polar surface area (TPSA) is 43.1 Å². The van der Waals surface area contributed by atoms with Gasteiger partial charge in [-0.3, -0.25) is 4.98 Å². The predicted molar refractivity (Wildman–Crippen MR) is 47.1 cm³/mol. The second-order valence-corrected chi connectivity index (χ2v) is 2.76. The van der Waals surface area contributed by atoms with Gasteiger partial charge in [-0.25, -0.2) is 0 Å². The summed E-state index contributed by atoms with van der Waals surface area (Å²) in [7, 11) is 0. The number of nitrogens with zero attached hydrogens (tertiary/aromatic N) is 4. The van der Waals surface area contributed by atoms with E-state index in [-0.39, 0.29) is 20.1 Å². The van der Waals surface area contributed by atoms with Crippen LogP contribution in [0.1, 0.15) is 0 Å². The largest absolute Gasteiger partial charge is 0.344 e. The van der Waals surface area contributed by atoms with Crippen molar-refractivity contribution in [1.82, 2.24) is 19.6 Å². The van der Waals surface area contributed by atoms with Gasteiger partial charge in [0.05, 0.1) is 5.65 Å². The van der Waals surface area contributed by atoms with Gasteiger partial charge in [-0.05, 0) is 18.6 Å². The van der Waals surface area contributed by atoms with Crippen molar-refractivity contribution in [3.8, 4) is 0 Å². The molecule has 0 atom stereocenters. The van der Waals surface area contributed by atoms with Crippen molar-refractivity contribution in [2.75, 3.05) is 0 Å². The van der Waals surface area contributed by atoms with Gasteiger partial charge in [0.1, 0.15) is 6.33 Å². The zero-order valence-electron chi connectivity index (χ0n) is 7.01. The fraction of sp³-hybridized carbons (Fsp3) is 0. The molecule has 0 amide bonds. The number of rotatable bonds is 0. The SMILES string of the molecule is [Ir].[c-]1cncc2ccn3cnnc3c12. The number of aromatic nitrogens is 4. The van der Waals surface area contributed by atoms with Crippen molar-refractivity contribution in [1.29, 1.82) is 0 Å². The quantitative estimate of drug-likeness (QED) is 0.563. The van der Waals surface area contributed by atoms with E-state index in [1.807, 2.05) is 16.7 Å². The zero-order chi connectivity index (χ0) is 8.67. The first-order valence-electron chi connectivity index (χ1n) is 3.89. The third-order valence-electron chi connectivity index (χ3n) is 2.00. The molecular weight excluding hydrogens is 356 g/mol. The van der Waals surface area contributed by atoms with E-state index in [0.29, 0.717) is 0 Å². The number of hydrogen-bond donors (Lipinski definition) is 0. The second-order valence-electron chi connectivity index (χ2n) is 2.76. The van der Waals surface area contributed by atoms with Crippen LogP contribution in [0, 0.1) is 6.07 Å². The Kier molecular flexibility index (Phi) is 2.27. The van der Waals surface area contributed by atoms with E-state index in [9.17, 15) is 0 Å². The molecule has 5 heteroatoms. The average Bonchev–Trinajstić information content (AvgIpc) is 2.65. The van der Waals surface area contributed by atoms with Crippen LogP contribution in [0.25, 0.3) is 16.4 Å². The maximum atomic E-state index is 4.00. The van der Waals surface area contributed by atoms with Crippen molar-refractivity contribution >= 4 is 16.4 Å². The number of pyridine rings is 2. The Labute approximate surface area is 93.3 Å². The van der Waals surface area contributed by atoms with Crippen LogP contribution in [-0.4, -0.2) is 19.6 Å². The molecule has 0 unspecified atom stereocenters. The van der Waals surface area contributed by atoms with Gasteiger partial charge >= 0.3 is 0 Å². The molecule has 0 aliphatic rings. The van der Waals surface area contributed by atoms with Crippen molar-refractivity contribution in [3.63, 3.8) is 0 Å². The molecule has 4 nitrogen and oxygen atoms in total. The molecule has 3 aromatic rings. The molecule has 14 heavy (non-hydrogen) atoms. The maximum absolute atomic E-state index is 4.00. The maximum Gasteiger partial charge on any atom is 0.111 e. The molecule has 0 aliphatic carbocycles. The van der Waals surface area contributed by atoms with Crippen molar-refractivity contribution in [2.24, 2.45) is 0 Å². The molecule has 0 N–H and O–H groups in total. The smallest absolute Gasteiger partial charge is 0.111 e. The molecule has 1 radical (unpaired) electrons. The summed E-state index contributed by atoms with van der Waals surface area (Å²) in [5, 5.41) is 9.81. The zero-order valence-corrected chi connectivity index (χ0v) is 9.40. The molecule has 3 heterocycles. The second kappa shape index (κ2) is 3.44. The van der Waals surface area contributed by atoms with E-state index in [1.54, 1.807) is 18.7 Å². The Balaban J connectivity index is 0.000000750. The standard InChI is InChI=1S/C9H5N4.Ir/c1-3-10-5-7-2-4-13-6-11-12-9(13)8(1)7;/h2-6H;/q-1;. The fourth-order valence-electron chi connectivity index (χ4n) is 1.38. The minimum Gasteiger partial charge on any atom is -0.344 e. The van der Waals surface area contributed by atoms with Gasteiger partial charge in [0.25, 0.3) is 0 Å². The summed E-state index contributed by atoms with van der Waals surface area (Å²) in [5.41, 5.74) is 0.819. The predicted octanol–water partition coefficient (Wildman–Crippen LogP) is 1.08. The Morgan fingerprint density at radius 3 is 3.21 bits per heavy atom. The van der Waals surface area contributed by atoms with E-state index in [0.717, 1.165) is 16.4 Å². The van der Waals surface area contributed by atoms with E-state index < -0.39 is 0 Å². The molecule has 0 aromatic carbocycles. The Morgan fingerprint density at radius 2 is 2.29 bits per heavy atom. The molecule has 0 saturated carbocycles. The van der Waals surface area contributed by atoms with Crippen molar-refractivity contribution in [3.05, 3.63) is 37.1 Å². The van der Waals surface area contributed by atoms with Gasteiger partial charge in [0, 0.05) is 20.1 Å². The molecule has 71 valence electrons. The first-order valence-corrected chi connectivity index (χ1v) is 3.89. The van der Waals surface area contributed by atoms with Crippen LogP contribution in [0.5, 0.6) is 0 Å². The van der Waals surface area contributed by atoms with Crippen LogP contribution in [0.2, 0.25) is 0 Å². The monoisotopic (exact) mass is 362 g/mol. The van der Waals surface area contributed by atoms with Gasteiger partial charge < -0.3 is 4.40 Å². The average molecular weight is 361 g/mol. The van der Waals surface area contributed by atoms with Crippen LogP contribution in [-0.2, 0) is 20.1 Å². The minimum absolute atomic E-state index is 0. The Morgan fingerprint density at radius 1 is 1.36 bits per heavy atom. The summed E-state index contributed by atoms with van der Waals surface area (Å²) in [4.78, 5) is 3.99. The molecule has 3 rings (SSSR count). The first kappa shape index (κ1) is 9.24. The summed E-state index contributed by atoms with van der Waals surface area (Å²) in [6, 6.07) is 5.01. The van der Waals surface area contributed by atoms with Gasteiger partial charge in [0.15, 0.2) is 0 Å². The summed E-state index contributed by atoms with van der Waals surface area (Å²) >= 11 is 0. The Bertz CT molecular complexity index is 575. The normalized spacial score (nSPS) is 10.3. The van der Waals surface area contributed by atoms with Crippen molar-refractivity contribution in [2.45, 2.75) is 0 Å². The van der Waals surface area contributed by atoms with Crippen LogP contribution in [0.3, 0.4) is 0 Å². The first-order chi connectivity index (χ1) is 6.45. The molecule has 0 bridgehead atoms. The van der Waals surface area contributed by atoms with Gasteiger partial charge in [-0.15, -0.1) is 10.8 Å². The summed E-state index contributed by atoms with van der Waals surface area (Å²) < 4.78 is 1.86. The van der Waals surface area contributed by atoms with Crippen molar-refractivity contribution < 1.29 is 20.1 Å². The summed E-state index contributed by atoms with van der Waals surface area (Å²) in [5.74, 6) is 0. The molecule has 0 saturated heterocycles. The summed E-state index contributed by atoms with van der Waals surface area (Å²) in [6.07, 6.45) is 7.01. The molecule has 0 aliphatic heterocycles. The van der Waals surface area contributed by atoms with E-state index in [4.69, 9.17) is 0 Å². The Hall–Kier alpha value is -1.32. The third kappa shape index (κ3) is 1.22. The van der Waals surface area contributed by atoms with Crippen LogP contribution in [0.4, 0.5) is 0 Å². The van der Waals surface area contributed by atoms with E-state index >= 15 is 0 Å².